The molecule has 5 heteroatoms. The molecular weight excluding hydrogens is 268 g/mol. The van der Waals surface area contributed by atoms with Crippen LogP contribution < -0.4 is 11.3 Å². The zero-order chi connectivity index (χ0) is 14.6. The quantitative estimate of drug-likeness (QED) is 0.656. The van der Waals surface area contributed by atoms with Crippen molar-refractivity contribution in [3.63, 3.8) is 0 Å². The van der Waals surface area contributed by atoms with Crippen LogP contribution in [0.1, 0.15) is 37.0 Å². The van der Waals surface area contributed by atoms with Gasteiger partial charge in [0.1, 0.15) is 0 Å². The van der Waals surface area contributed by atoms with Crippen molar-refractivity contribution in [2.24, 2.45) is 5.84 Å². The van der Waals surface area contributed by atoms with Crippen LogP contribution in [0.3, 0.4) is 0 Å². The number of thiazole rings is 1. The zero-order valence-corrected chi connectivity index (χ0v) is 13.1. The summed E-state index contributed by atoms with van der Waals surface area (Å²) in [4.78, 5) is 8.85. The van der Waals surface area contributed by atoms with Gasteiger partial charge in [-0.15, -0.1) is 11.3 Å². The molecule has 1 unspecified atom stereocenters. The second-order valence-electron chi connectivity index (χ2n) is 6.01. The maximum Gasteiger partial charge on any atom is 0.0944 e. The number of rotatable bonds is 5. The van der Waals surface area contributed by atoms with E-state index in [0.29, 0.717) is 0 Å². The molecule has 0 aliphatic heterocycles. The first-order valence-corrected chi connectivity index (χ1v) is 7.67. The first kappa shape index (κ1) is 15.1. The van der Waals surface area contributed by atoms with Crippen molar-refractivity contribution in [2.45, 2.75) is 45.1 Å². The lowest BCUT2D eigenvalue weighted by Gasteiger charge is -2.16. The molecule has 108 valence electrons. The molecule has 0 amide bonds. The van der Waals surface area contributed by atoms with Gasteiger partial charge in [0.25, 0.3) is 0 Å². The minimum Gasteiger partial charge on any atom is -0.271 e. The lowest BCUT2D eigenvalue weighted by molar-refractivity contribution is 0.516. The molecule has 0 aromatic carbocycles. The summed E-state index contributed by atoms with van der Waals surface area (Å²) in [6.45, 7) is 6.54. The van der Waals surface area contributed by atoms with Crippen molar-refractivity contribution in [2.75, 3.05) is 0 Å². The van der Waals surface area contributed by atoms with Crippen LogP contribution in [0.25, 0.3) is 0 Å². The molecule has 0 saturated carbocycles. The van der Waals surface area contributed by atoms with Gasteiger partial charge in [-0.2, -0.15) is 0 Å². The lowest BCUT2D eigenvalue weighted by atomic mass is 9.93. The fourth-order valence-corrected chi connectivity index (χ4v) is 3.06. The fourth-order valence-electron chi connectivity index (χ4n) is 1.95. The molecule has 0 aliphatic carbocycles. The van der Waals surface area contributed by atoms with Crippen molar-refractivity contribution in [3.8, 4) is 0 Å². The summed E-state index contributed by atoms with van der Waals surface area (Å²) in [6.07, 6.45) is 5.36. The van der Waals surface area contributed by atoms with Gasteiger partial charge in [0, 0.05) is 35.7 Å². The lowest BCUT2D eigenvalue weighted by Crippen LogP contribution is -2.38. The van der Waals surface area contributed by atoms with Crippen LogP contribution in [-0.2, 0) is 18.3 Å². The van der Waals surface area contributed by atoms with Gasteiger partial charge < -0.3 is 0 Å². The highest BCUT2D eigenvalue weighted by molar-refractivity contribution is 7.09. The molecule has 0 aliphatic rings. The first-order chi connectivity index (χ1) is 9.49. The molecule has 2 aromatic heterocycles. The van der Waals surface area contributed by atoms with Crippen LogP contribution in [-0.4, -0.2) is 16.0 Å². The Kier molecular flexibility index (Phi) is 4.86. The van der Waals surface area contributed by atoms with Crippen LogP contribution >= 0.6 is 11.3 Å². The van der Waals surface area contributed by atoms with E-state index >= 15 is 0 Å². The van der Waals surface area contributed by atoms with Crippen LogP contribution in [0.5, 0.6) is 0 Å². The molecule has 0 saturated heterocycles. The Morgan fingerprint density at radius 2 is 2.15 bits per heavy atom. The maximum absolute atomic E-state index is 5.67. The summed E-state index contributed by atoms with van der Waals surface area (Å²) in [5.74, 6) is 5.67. The highest BCUT2D eigenvalue weighted by atomic mass is 32.1. The van der Waals surface area contributed by atoms with Gasteiger partial charge in [0.05, 0.1) is 10.7 Å². The first-order valence-electron chi connectivity index (χ1n) is 6.79. The van der Waals surface area contributed by atoms with E-state index in [2.05, 4.69) is 42.6 Å². The normalized spacial score (nSPS) is 13.4. The molecule has 20 heavy (non-hydrogen) atoms. The number of aromatic nitrogens is 2. The van der Waals surface area contributed by atoms with Gasteiger partial charge in [0.15, 0.2) is 0 Å². The average Bonchev–Trinajstić information content (AvgIpc) is 2.87. The second kappa shape index (κ2) is 6.43. The van der Waals surface area contributed by atoms with Crippen LogP contribution in [0.2, 0.25) is 0 Å². The van der Waals surface area contributed by atoms with Gasteiger partial charge in [-0.25, -0.2) is 4.98 Å². The molecule has 3 N–H and O–H groups in total. The van der Waals surface area contributed by atoms with Gasteiger partial charge in [-0.05, 0) is 18.1 Å². The van der Waals surface area contributed by atoms with E-state index in [-0.39, 0.29) is 11.5 Å². The average molecular weight is 290 g/mol. The van der Waals surface area contributed by atoms with Crippen molar-refractivity contribution in [1.82, 2.24) is 15.4 Å². The minimum absolute atomic E-state index is 0.101. The van der Waals surface area contributed by atoms with Crippen molar-refractivity contribution in [3.05, 3.63) is 46.2 Å². The number of nitrogens with two attached hydrogens (primary N) is 1. The third-order valence-corrected chi connectivity index (χ3v) is 4.05. The Labute approximate surface area is 124 Å². The van der Waals surface area contributed by atoms with E-state index in [4.69, 9.17) is 10.8 Å². The van der Waals surface area contributed by atoms with Gasteiger partial charge in [-0.3, -0.25) is 16.3 Å². The number of nitrogens with one attached hydrogen (secondary N) is 1. The minimum atomic E-state index is 0.101. The third kappa shape index (κ3) is 4.10. The Morgan fingerprint density at radius 1 is 1.35 bits per heavy atom. The maximum atomic E-state index is 5.67. The Morgan fingerprint density at radius 3 is 2.70 bits per heavy atom. The molecule has 0 fully saturated rings. The summed E-state index contributed by atoms with van der Waals surface area (Å²) in [7, 11) is 0. The molecule has 0 spiro atoms. The fraction of sp³-hybridized carbons (Fsp3) is 0.467. The summed E-state index contributed by atoms with van der Waals surface area (Å²) < 4.78 is 0. The molecular formula is C15H22N4S. The standard InChI is InChI=1S/C15H22N4S/c1-15(2,3)13-10-20-14(18-13)8-12(19-16)7-11-5-4-6-17-9-11/h4-6,9-10,12,19H,7-8,16H2,1-3H3. The Balaban J connectivity index is 2.01. The third-order valence-electron chi connectivity index (χ3n) is 3.18. The van der Waals surface area contributed by atoms with Crippen LogP contribution in [0.4, 0.5) is 0 Å². The van der Waals surface area contributed by atoms with Gasteiger partial charge in [0.2, 0.25) is 0 Å². The SMILES string of the molecule is CC(C)(C)c1csc(CC(Cc2cccnc2)NN)n1. The summed E-state index contributed by atoms with van der Waals surface area (Å²) in [5, 5.41) is 3.27. The second-order valence-corrected chi connectivity index (χ2v) is 6.95. The highest BCUT2D eigenvalue weighted by Gasteiger charge is 2.19. The molecule has 0 bridgehead atoms. The summed E-state index contributed by atoms with van der Waals surface area (Å²) in [6, 6.07) is 4.20. The van der Waals surface area contributed by atoms with Gasteiger partial charge in [-0.1, -0.05) is 26.8 Å². The van der Waals surface area contributed by atoms with E-state index in [9.17, 15) is 0 Å². The van der Waals surface area contributed by atoms with Gasteiger partial charge >= 0.3 is 0 Å². The molecule has 2 rings (SSSR count). The van der Waals surface area contributed by atoms with E-state index in [1.54, 1.807) is 17.5 Å². The summed E-state index contributed by atoms with van der Waals surface area (Å²) >= 11 is 1.71. The Hall–Kier alpha value is -1.30. The van der Waals surface area contributed by atoms with Crippen molar-refractivity contribution >= 4 is 11.3 Å². The van der Waals surface area contributed by atoms with Crippen molar-refractivity contribution < 1.29 is 0 Å². The van der Waals surface area contributed by atoms with E-state index in [1.807, 2.05) is 12.3 Å². The molecule has 0 radical (unpaired) electrons. The van der Waals surface area contributed by atoms with E-state index in [0.717, 1.165) is 23.5 Å². The number of nitrogens with zero attached hydrogens (tertiary/aromatic N) is 2. The molecule has 2 aromatic rings. The largest absolute Gasteiger partial charge is 0.271 e. The highest BCUT2D eigenvalue weighted by Crippen LogP contribution is 2.24. The molecule has 4 nitrogen and oxygen atoms in total. The van der Waals surface area contributed by atoms with Crippen LogP contribution in [0, 0.1) is 0 Å². The van der Waals surface area contributed by atoms with E-state index < -0.39 is 0 Å². The molecule has 1 atom stereocenters. The Bertz CT molecular complexity index is 530. The monoisotopic (exact) mass is 290 g/mol. The van der Waals surface area contributed by atoms with Crippen LogP contribution in [0.15, 0.2) is 29.9 Å². The predicted octanol–water partition coefficient (Wildman–Crippen LogP) is 2.45. The zero-order valence-electron chi connectivity index (χ0n) is 12.3. The number of hydrogen-bond donors (Lipinski definition) is 2. The number of hydrogen-bond acceptors (Lipinski definition) is 5. The van der Waals surface area contributed by atoms with E-state index in [1.165, 1.54) is 5.56 Å². The summed E-state index contributed by atoms with van der Waals surface area (Å²) in [5.41, 5.74) is 5.32. The predicted molar refractivity (Wildman–Crippen MR) is 83.6 cm³/mol. The number of pyridine rings is 1. The number of hydrazine groups is 1. The smallest absolute Gasteiger partial charge is 0.0944 e. The van der Waals surface area contributed by atoms with Crippen molar-refractivity contribution in [1.29, 1.82) is 0 Å². The topological polar surface area (TPSA) is 63.8 Å². The molecule has 2 heterocycles.